The monoisotopic (exact) mass is 297 g/mol. The summed E-state index contributed by atoms with van der Waals surface area (Å²) in [6, 6.07) is 0.200. The quantitative estimate of drug-likeness (QED) is 0.795. The normalized spacial score (nSPS) is 18.6. The van der Waals surface area contributed by atoms with Gasteiger partial charge in [-0.3, -0.25) is 4.79 Å². The number of rotatable bonds is 4. The maximum atomic E-state index is 12.4. The van der Waals surface area contributed by atoms with Gasteiger partial charge in [0.15, 0.2) is 0 Å². The van der Waals surface area contributed by atoms with Crippen LogP contribution in [0.5, 0.6) is 0 Å². The van der Waals surface area contributed by atoms with Gasteiger partial charge in [-0.05, 0) is 50.0 Å². The van der Waals surface area contributed by atoms with Crippen LogP contribution in [0.4, 0.5) is 0 Å². The highest BCUT2D eigenvalue weighted by Gasteiger charge is 2.26. The summed E-state index contributed by atoms with van der Waals surface area (Å²) in [6.07, 6.45) is 2.21. The van der Waals surface area contributed by atoms with E-state index in [1.54, 1.807) is 4.68 Å². The Bertz CT molecular complexity index is 453. The first-order valence-corrected chi connectivity index (χ1v) is 8.10. The molecule has 2 rings (SSSR count). The second-order valence-corrected chi connectivity index (χ2v) is 7.08. The van der Waals surface area contributed by atoms with Crippen molar-refractivity contribution in [2.24, 2.45) is 5.92 Å². The molecule has 0 bridgehead atoms. The summed E-state index contributed by atoms with van der Waals surface area (Å²) in [5, 5.41) is 12.2. The lowest BCUT2D eigenvalue weighted by molar-refractivity contribution is -0.131. The molecule has 1 unspecified atom stereocenters. The Morgan fingerprint density at radius 1 is 1.30 bits per heavy atom. The van der Waals surface area contributed by atoms with Crippen LogP contribution in [0.3, 0.4) is 0 Å². The van der Waals surface area contributed by atoms with Crippen molar-refractivity contribution in [2.75, 3.05) is 13.1 Å². The van der Waals surface area contributed by atoms with E-state index in [1.165, 1.54) is 11.8 Å². The Balaban J connectivity index is 1.95. The molecule has 0 aromatic carbocycles. The number of thioether (sulfide) groups is 1. The number of hydrogen-bond acceptors (Lipinski definition) is 5. The summed E-state index contributed by atoms with van der Waals surface area (Å²) < 4.78 is 1.76. The molecular weight excluding hydrogens is 274 g/mol. The summed E-state index contributed by atoms with van der Waals surface area (Å²) in [5.74, 6) is 0.926. The van der Waals surface area contributed by atoms with E-state index in [4.69, 9.17) is 0 Å². The van der Waals surface area contributed by atoms with E-state index in [0.29, 0.717) is 5.16 Å². The SMILES string of the molecule is CC1CCN(C(=O)C(C)Sc2nnnn2C(C)C)CC1. The topological polar surface area (TPSA) is 63.9 Å². The fraction of sp³-hybridized carbons (Fsp3) is 0.846. The van der Waals surface area contributed by atoms with Crippen molar-refractivity contribution < 1.29 is 4.79 Å². The smallest absolute Gasteiger partial charge is 0.235 e. The van der Waals surface area contributed by atoms with E-state index in [1.807, 2.05) is 25.7 Å². The van der Waals surface area contributed by atoms with Gasteiger partial charge in [-0.15, -0.1) is 5.10 Å². The summed E-state index contributed by atoms with van der Waals surface area (Å²) in [4.78, 5) is 14.4. The Morgan fingerprint density at radius 3 is 2.55 bits per heavy atom. The lowest BCUT2D eigenvalue weighted by Crippen LogP contribution is -2.41. The number of piperidine rings is 1. The zero-order chi connectivity index (χ0) is 14.7. The summed E-state index contributed by atoms with van der Waals surface area (Å²) in [5.41, 5.74) is 0. The molecule has 1 fully saturated rings. The number of carbonyl (C=O) groups is 1. The zero-order valence-corrected chi connectivity index (χ0v) is 13.4. The van der Waals surface area contributed by atoms with Crippen molar-refractivity contribution in [2.45, 2.75) is 57.0 Å². The van der Waals surface area contributed by atoms with Gasteiger partial charge in [-0.1, -0.05) is 18.7 Å². The maximum absolute atomic E-state index is 12.4. The van der Waals surface area contributed by atoms with Gasteiger partial charge in [0.1, 0.15) is 0 Å². The molecule has 0 saturated carbocycles. The minimum Gasteiger partial charge on any atom is -0.342 e. The van der Waals surface area contributed by atoms with Gasteiger partial charge in [-0.2, -0.15) is 0 Å². The first kappa shape index (κ1) is 15.3. The summed E-state index contributed by atoms with van der Waals surface area (Å²) in [7, 11) is 0. The molecule has 7 heteroatoms. The maximum Gasteiger partial charge on any atom is 0.235 e. The minimum atomic E-state index is -0.146. The van der Waals surface area contributed by atoms with Crippen LogP contribution in [0.1, 0.15) is 46.6 Å². The van der Waals surface area contributed by atoms with Crippen molar-refractivity contribution in [1.82, 2.24) is 25.1 Å². The lowest BCUT2D eigenvalue weighted by Gasteiger charge is -2.31. The van der Waals surface area contributed by atoms with Crippen molar-refractivity contribution in [1.29, 1.82) is 0 Å². The van der Waals surface area contributed by atoms with Gasteiger partial charge in [0.25, 0.3) is 0 Å². The largest absolute Gasteiger partial charge is 0.342 e. The fourth-order valence-corrected chi connectivity index (χ4v) is 3.29. The second kappa shape index (κ2) is 6.56. The molecule has 0 radical (unpaired) electrons. The van der Waals surface area contributed by atoms with Gasteiger partial charge in [0, 0.05) is 13.1 Å². The van der Waals surface area contributed by atoms with E-state index < -0.39 is 0 Å². The molecule has 1 aliphatic rings. The van der Waals surface area contributed by atoms with Crippen molar-refractivity contribution in [3.05, 3.63) is 0 Å². The van der Waals surface area contributed by atoms with Gasteiger partial charge in [0.2, 0.25) is 11.1 Å². The summed E-state index contributed by atoms with van der Waals surface area (Å²) in [6.45, 7) is 9.99. The Morgan fingerprint density at radius 2 is 1.95 bits per heavy atom. The molecule has 0 N–H and O–H groups in total. The number of nitrogens with zero attached hydrogens (tertiary/aromatic N) is 5. The van der Waals surface area contributed by atoms with E-state index in [9.17, 15) is 4.79 Å². The molecule has 1 aromatic rings. The highest BCUT2D eigenvalue weighted by atomic mass is 32.2. The molecule has 20 heavy (non-hydrogen) atoms. The minimum absolute atomic E-state index is 0.146. The molecule has 112 valence electrons. The van der Waals surface area contributed by atoms with Crippen LogP contribution in [0, 0.1) is 5.92 Å². The van der Waals surface area contributed by atoms with Gasteiger partial charge in [0.05, 0.1) is 11.3 Å². The van der Waals surface area contributed by atoms with Gasteiger partial charge in [-0.25, -0.2) is 4.68 Å². The van der Waals surface area contributed by atoms with Gasteiger partial charge >= 0.3 is 0 Å². The number of amides is 1. The number of aromatic nitrogens is 4. The van der Waals surface area contributed by atoms with Crippen LogP contribution in [0.15, 0.2) is 5.16 Å². The van der Waals surface area contributed by atoms with E-state index in [0.717, 1.165) is 31.8 Å². The molecule has 1 amide bonds. The molecular formula is C13H23N5OS. The molecule has 1 aliphatic heterocycles. The highest BCUT2D eigenvalue weighted by molar-refractivity contribution is 8.00. The highest BCUT2D eigenvalue weighted by Crippen LogP contribution is 2.25. The van der Waals surface area contributed by atoms with Crippen LogP contribution in [-0.4, -0.2) is 49.4 Å². The Hall–Kier alpha value is -1.11. The van der Waals surface area contributed by atoms with Crippen molar-refractivity contribution >= 4 is 17.7 Å². The third kappa shape index (κ3) is 3.50. The van der Waals surface area contributed by atoms with E-state index in [2.05, 4.69) is 22.4 Å². The fourth-order valence-electron chi connectivity index (χ4n) is 2.28. The van der Waals surface area contributed by atoms with E-state index in [-0.39, 0.29) is 17.2 Å². The number of carbonyl (C=O) groups excluding carboxylic acids is 1. The van der Waals surface area contributed by atoms with Crippen LogP contribution in [0.2, 0.25) is 0 Å². The number of tetrazole rings is 1. The van der Waals surface area contributed by atoms with Crippen LogP contribution in [-0.2, 0) is 4.79 Å². The number of likely N-dealkylation sites (tertiary alicyclic amines) is 1. The second-order valence-electron chi connectivity index (χ2n) is 5.77. The average Bonchev–Trinajstić information content (AvgIpc) is 2.87. The van der Waals surface area contributed by atoms with E-state index >= 15 is 0 Å². The predicted octanol–water partition coefficient (Wildman–Crippen LogP) is 1.99. The molecule has 1 atom stereocenters. The van der Waals surface area contributed by atoms with Crippen molar-refractivity contribution in [3.8, 4) is 0 Å². The van der Waals surface area contributed by atoms with Crippen LogP contribution >= 0.6 is 11.8 Å². The molecule has 0 spiro atoms. The summed E-state index contributed by atoms with van der Waals surface area (Å²) >= 11 is 1.44. The molecule has 0 aliphatic carbocycles. The predicted molar refractivity (Wildman–Crippen MR) is 78.5 cm³/mol. The third-order valence-corrected chi connectivity index (χ3v) is 4.71. The first-order valence-electron chi connectivity index (χ1n) is 7.22. The van der Waals surface area contributed by atoms with Gasteiger partial charge < -0.3 is 4.90 Å². The Labute approximate surface area is 124 Å². The van der Waals surface area contributed by atoms with Crippen LogP contribution < -0.4 is 0 Å². The molecule has 6 nitrogen and oxygen atoms in total. The molecule has 1 saturated heterocycles. The molecule has 2 heterocycles. The Kier molecular flexibility index (Phi) is 5.01. The third-order valence-electron chi connectivity index (χ3n) is 3.68. The van der Waals surface area contributed by atoms with Crippen LogP contribution in [0.25, 0.3) is 0 Å². The van der Waals surface area contributed by atoms with Crippen molar-refractivity contribution in [3.63, 3.8) is 0 Å². The lowest BCUT2D eigenvalue weighted by atomic mass is 9.99. The average molecular weight is 297 g/mol. The number of hydrogen-bond donors (Lipinski definition) is 0. The first-order chi connectivity index (χ1) is 9.49. The standard InChI is InChI=1S/C13H23N5OS/c1-9(2)18-13(14-15-16-18)20-11(4)12(19)17-7-5-10(3)6-8-17/h9-11H,5-8H2,1-4H3. The molecule has 1 aromatic heterocycles. The zero-order valence-electron chi connectivity index (χ0n) is 12.6.